The Balaban J connectivity index is 1.97. The zero-order valence-corrected chi connectivity index (χ0v) is 11.7. The van der Waals surface area contributed by atoms with Crippen molar-refractivity contribution in [3.05, 3.63) is 58.7 Å². The Hall–Kier alpha value is -2.00. The molecule has 0 saturated carbocycles. The van der Waals surface area contributed by atoms with Gasteiger partial charge < -0.3 is 10.1 Å². The molecule has 2 atom stereocenters. The number of carbonyl (C=O) groups is 1. The summed E-state index contributed by atoms with van der Waals surface area (Å²) in [5, 5.41) is 3.61. The number of benzene rings is 1. The van der Waals surface area contributed by atoms with E-state index in [0.717, 1.165) is 16.9 Å². The Morgan fingerprint density at radius 1 is 1.40 bits per heavy atom. The van der Waals surface area contributed by atoms with Crippen LogP contribution in [0, 0.1) is 5.92 Å². The molecule has 0 aromatic heterocycles. The Kier molecular flexibility index (Phi) is 3.36. The van der Waals surface area contributed by atoms with E-state index in [1.807, 2.05) is 48.6 Å². The Morgan fingerprint density at radius 2 is 2.25 bits per heavy atom. The molecule has 0 spiro atoms. The number of allylic oxidation sites excluding steroid dienone is 2. The second kappa shape index (κ2) is 5.17. The van der Waals surface area contributed by atoms with Crippen molar-refractivity contribution < 1.29 is 9.53 Å². The van der Waals surface area contributed by atoms with Gasteiger partial charge in [0.05, 0.1) is 13.2 Å². The summed E-state index contributed by atoms with van der Waals surface area (Å²) in [6.45, 7) is 0. The number of hydrogen-bond donors (Lipinski definition) is 1. The molecule has 102 valence electrons. The van der Waals surface area contributed by atoms with Crippen LogP contribution < -0.4 is 10.1 Å². The van der Waals surface area contributed by atoms with Gasteiger partial charge >= 0.3 is 0 Å². The molecule has 4 heteroatoms. The SMILES string of the molecule is COc1cccc(/C=C2/C(=O)NC3C=CC(Cl)=CC23)c1. The molecule has 20 heavy (non-hydrogen) atoms. The van der Waals surface area contributed by atoms with Gasteiger partial charge in [0.2, 0.25) is 5.91 Å². The Morgan fingerprint density at radius 3 is 3.05 bits per heavy atom. The van der Waals surface area contributed by atoms with Crippen molar-refractivity contribution in [2.75, 3.05) is 7.11 Å². The minimum atomic E-state index is -0.0462. The average Bonchev–Trinajstić information content (AvgIpc) is 2.75. The maximum absolute atomic E-state index is 12.1. The molecule has 1 fully saturated rings. The molecular formula is C16H14ClNO2. The molecule has 3 rings (SSSR count). The van der Waals surface area contributed by atoms with Crippen LogP contribution in [0.4, 0.5) is 0 Å². The quantitative estimate of drug-likeness (QED) is 0.850. The zero-order valence-electron chi connectivity index (χ0n) is 11.0. The maximum Gasteiger partial charge on any atom is 0.248 e. The number of hydrogen-bond acceptors (Lipinski definition) is 2. The molecule has 0 bridgehead atoms. The molecule has 1 aliphatic carbocycles. The van der Waals surface area contributed by atoms with E-state index in [0.29, 0.717) is 5.03 Å². The number of rotatable bonds is 2. The highest BCUT2D eigenvalue weighted by molar-refractivity contribution is 6.31. The number of halogens is 1. The molecular weight excluding hydrogens is 274 g/mol. The summed E-state index contributed by atoms with van der Waals surface area (Å²) >= 11 is 6.03. The minimum absolute atomic E-state index is 0.00172. The van der Waals surface area contributed by atoms with E-state index in [9.17, 15) is 4.79 Å². The molecule has 3 nitrogen and oxygen atoms in total. The number of amides is 1. The van der Waals surface area contributed by atoms with Crippen LogP contribution in [0.1, 0.15) is 5.56 Å². The van der Waals surface area contributed by atoms with E-state index in [-0.39, 0.29) is 17.9 Å². The lowest BCUT2D eigenvalue weighted by atomic mass is 9.91. The van der Waals surface area contributed by atoms with Gasteiger partial charge in [-0.05, 0) is 29.8 Å². The standard InChI is InChI=1S/C16H14ClNO2/c1-20-12-4-2-3-10(7-12)8-14-13-9-11(17)5-6-15(13)18-16(14)19/h2-9,13,15H,1H3,(H,18,19)/b14-8+. The van der Waals surface area contributed by atoms with Crippen LogP contribution in [0.25, 0.3) is 6.08 Å². The lowest BCUT2D eigenvalue weighted by molar-refractivity contribution is -0.116. The first-order valence-corrected chi connectivity index (χ1v) is 6.77. The number of fused-ring (bicyclic) bond motifs is 1. The molecule has 1 N–H and O–H groups in total. The Bertz CT molecular complexity index is 646. The fourth-order valence-corrected chi connectivity index (χ4v) is 2.73. The van der Waals surface area contributed by atoms with Crippen molar-refractivity contribution >= 4 is 23.6 Å². The predicted octanol–water partition coefficient (Wildman–Crippen LogP) is 2.89. The fourth-order valence-electron chi connectivity index (χ4n) is 2.53. The topological polar surface area (TPSA) is 38.3 Å². The highest BCUT2D eigenvalue weighted by Crippen LogP contribution is 2.32. The molecule has 2 aliphatic rings. The van der Waals surface area contributed by atoms with E-state index >= 15 is 0 Å². The second-order valence-corrected chi connectivity index (χ2v) is 5.25. The van der Waals surface area contributed by atoms with Gasteiger partial charge in [-0.15, -0.1) is 0 Å². The summed E-state index contributed by atoms with van der Waals surface area (Å²) in [6.07, 6.45) is 7.55. The predicted molar refractivity (Wildman–Crippen MR) is 79.5 cm³/mol. The summed E-state index contributed by atoms with van der Waals surface area (Å²) < 4.78 is 5.20. The van der Waals surface area contributed by atoms with Gasteiger partial charge in [-0.1, -0.05) is 35.9 Å². The lowest BCUT2D eigenvalue weighted by Crippen LogP contribution is -2.27. The van der Waals surface area contributed by atoms with Crippen molar-refractivity contribution in [2.45, 2.75) is 6.04 Å². The molecule has 2 unspecified atom stereocenters. The van der Waals surface area contributed by atoms with Crippen LogP contribution in [-0.2, 0) is 4.79 Å². The van der Waals surface area contributed by atoms with Gasteiger partial charge in [-0.3, -0.25) is 4.79 Å². The van der Waals surface area contributed by atoms with E-state index in [4.69, 9.17) is 16.3 Å². The minimum Gasteiger partial charge on any atom is -0.497 e. The molecule has 1 saturated heterocycles. The molecule has 0 radical (unpaired) electrons. The smallest absolute Gasteiger partial charge is 0.248 e. The Labute approximate surface area is 122 Å². The van der Waals surface area contributed by atoms with Crippen molar-refractivity contribution in [3.8, 4) is 5.75 Å². The van der Waals surface area contributed by atoms with Gasteiger partial charge in [0.1, 0.15) is 5.75 Å². The summed E-state index contributed by atoms with van der Waals surface area (Å²) in [6, 6.07) is 7.62. The van der Waals surface area contributed by atoms with Crippen LogP contribution in [-0.4, -0.2) is 19.1 Å². The zero-order chi connectivity index (χ0) is 14.1. The molecule has 1 aromatic carbocycles. The molecule has 1 heterocycles. The van der Waals surface area contributed by atoms with Gasteiger partial charge in [0.15, 0.2) is 0 Å². The van der Waals surface area contributed by atoms with Crippen molar-refractivity contribution in [1.82, 2.24) is 5.32 Å². The first-order valence-electron chi connectivity index (χ1n) is 6.39. The largest absolute Gasteiger partial charge is 0.497 e. The van der Waals surface area contributed by atoms with Crippen LogP contribution >= 0.6 is 11.6 Å². The van der Waals surface area contributed by atoms with E-state index in [2.05, 4.69) is 5.32 Å². The first kappa shape index (κ1) is 13.0. The number of carbonyl (C=O) groups excluding carboxylic acids is 1. The van der Waals surface area contributed by atoms with Crippen molar-refractivity contribution in [1.29, 1.82) is 0 Å². The monoisotopic (exact) mass is 287 g/mol. The highest BCUT2D eigenvalue weighted by atomic mass is 35.5. The van der Waals surface area contributed by atoms with Crippen LogP contribution in [0.5, 0.6) is 5.75 Å². The third-order valence-electron chi connectivity index (χ3n) is 3.52. The van der Waals surface area contributed by atoms with Crippen molar-refractivity contribution in [3.63, 3.8) is 0 Å². The van der Waals surface area contributed by atoms with Gasteiger partial charge in [0.25, 0.3) is 0 Å². The average molecular weight is 288 g/mol. The van der Waals surface area contributed by atoms with E-state index in [1.165, 1.54) is 0 Å². The van der Waals surface area contributed by atoms with Crippen LogP contribution in [0.15, 0.2) is 53.1 Å². The summed E-state index contributed by atoms with van der Waals surface area (Å²) in [5.41, 5.74) is 1.67. The van der Waals surface area contributed by atoms with Gasteiger partial charge in [-0.25, -0.2) is 0 Å². The lowest BCUT2D eigenvalue weighted by Gasteiger charge is -2.16. The maximum atomic E-state index is 12.1. The van der Waals surface area contributed by atoms with E-state index < -0.39 is 0 Å². The third-order valence-corrected chi connectivity index (χ3v) is 3.78. The second-order valence-electron chi connectivity index (χ2n) is 4.81. The van der Waals surface area contributed by atoms with Crippen molar-refractivity contribution in [2.24, 2.45) is 5.92 Å². The van der Waals surface area contributed by atoms with Crippen LogP contribution in [0.3, 0.4) is 0 Å². The normalized spacial score (nSPS) is 26.2. The summed E-state index contributed by atoms with van der Waals surface area (Å²) in [5.74, 6) is 0.715. The summed E-state index contributed by atoms with van der Waals surface area (Å²) in [7, 11) is 1.62. The highest BCUT2D eigenvalue weighted by Gasteiger charge is 2.35. The van der Waals surface area contributed by atoms with Gasteiger partial charge in [-0.2, -0.15) is 0 Å². The van der Waals surface area contributed by atoms with Gasteiger partial charge in [0, 0.05) is 16.5 Å². The van der Waals surface area contributed by atoms with Crippen LogP contribution in [0.2, 0.25) is 0 Å². The number of ether oxygens (including phenoxy) is 1. The molecule has 1 amide bonds. The number of methoxy groups -OCH3 is 1. The summed E-state index contributed by atoms with van der Waals surface area (Å²) in [4.78, 5) is 12.1. The third kappa shape index (κ3) is 2.37. The number of nitrogens with one attached hydrogen (secondary N) is 1. The fraction of sp³-hybridized carbons (Fsp3) is 0.188. The van der Waals surface area contributed by atoms with E-state index in [1.54, 1.807) is 7.11 Å². The first-order chi connectivity index (χ1) is 9.67. The molecule has 1 aromatic rings. The molecule has 1 aliphatic heterocycles.